The van der Waals surface area contributed by atoms with Crippen LogP contribution in [0.4, 0.5) is 11.4 Å². The van der Waals surface area contributed by atoms with E-state index in [1.807, 2.05) is 24.3 Å². The van der Waals surface area contributed by atoms with Crippen LogP contribution in [0.3, 0.4) is 0 Å². The number of nitrogens with one attached hydrogen (secondary N) is 1. The molecule has 1 saturated heterocycles. The van der Waals surface area contributed by atoms with E-state index >= 15 is 0 Å². The van der Waals surface area contributed by atoms with Crippen molar-refractivity contribution < 1.29 is 18.1 Å². The molecule has 30 heavy (non-hydrogen) atoms. The zero-order valence-electron chi connectivity index (χ0n) is 16.6. The number of rotatable bonds is 6. The molecule has 4 rings (SSSR count). The maximum atomic E-state index is 12.9. The third-order valence-electron chi connectivity index (χ3n) is 5.66. The minimum absolute atomic E-state index is 0.0309. The Hall–Kier alpha value is -2.65. The molecule has 9 heteroatoms. The van der Waals surface area contributed by atoms with E-state index in [4.69, 9.17) is 4.74 Å². The Bertz CT molecular complexity index is 1030. The van der Waals surface area contributed by atoms with Crippen LogP contribution >= 0.6 is 0 Å². The first-order chi connectivity index (χ1) is 14.4. The van der Waals surface area contributed by atoms with Crippen LogP contribution in [0.5, 0.6) is 5.75 Å². The highest BCUT2D eigenvalue weighted by atomic mass is 32.2. The van der Waals surface area contributed by atoms with Crippen molar-refractivity contribution in [1.29, 1.82) is 0 Å². The molecule has 2 heterocycles. The Balaban J connectivity index is 1.49. The number of piperidine rings is 1. The van der Waals surface area contributed by atoms with Gasteiger partial charge in [-0.2, -0.15) is 4.31 Å². The van der Waals surface area contributed by atoms with Gasteiger partial charge in [0.05, 0.1) is 16.4 Å². The predicted molar refractivity (Wildman–Crippen MR) is 113 cm³/mol. The second-order valence-corrected chi connectivity index (χ2v) is 9.71. The fraction of sp³-hybridized carbons (Fsp3) is 0.429. The number of para-hydroxylation sites is 1. The van der Waals surface area contributed by atoms with E-state index in [9.17, 15) is 18.5 Å². The maximum absolute atomic E-state index is 12.9. The van der Waals surface area contributed by atoms with Gasteiger partial charge in [-0.1, -0.05) is 24.6 Å². The van der Waals surface area contributed by atoms with Gasteiger partial charge in [-0.05, 0) is 43.0 Å². The zero-order chi connectivity index (χ0) is 21.1. The van der Waals surface area contributed by atoms with Gasteiger partial charge in [0.15, 0.2) is 0 Å². The minimum atomic E-state index is -3.72. The number of ether oxygens (including phenoxy) is 1. The summed E-state index contributed by atoms with van der Waals surface area (Å²) in [5, 5.41) is 14.7. The molecule has 0 aromatic heterocycles. The Morgan fingerprint density at radius 1 is 1.13 bits per heavy atom. The molecule has 0 aliphatic carbocycles. The molecule has 2 aliphatic heterocycles. The maximum Gasteiger partial charge on any atom is 0.293 e. The molecule has 2 aromatic carbocycles. The summed E-state index contributed by atoms with van der Waals surface area (Å²) in [5.41, 5.74) is 1.20. The van der Waals surface area contributed by atoms with E-state index in [-0.39, 0.29) is 16.5 Å². The first kappa shape index (κ1) is 20.6. The Labute approximate surface area is 176 Å². The summed E-state index contributed by atoms with van der Waals surface area (Å²) >= 11 is 0. The third kappa shape index (κ3) is 4.27. The van der Waals surface area contributed by atoms with E-state index in [0.717, 1.165) is 37.0 Å². The highest BCUT2D eigenvalue weighted by molar-refractivity contribution is 7.89. The molecule has 0 saturated carbocycles. The van der Waals surface area contributed by atoms with Crippen LogP contribution in [0.1, 0.15) is 24.8 Å². The van der Waals surface area contributed by atoms with Gasteiger partial charge in [-0.15, -0.1) is 0 Å². The molecule has 0 amide bonds. The van der Waals surface area contributed by atoms with E-state index in [0.29, 0.717) is 31.9 Å². The van der Waals surface area contributed by atoms with Crippen LogP contribution in [0.2, 0.25) is 0 Å². The van der Waals surface area contributed by atoms with Crippen LogP contribution in [0, 0.1) is 16.0 Å². The molecular weight excluding hydrogens is 406 g/mol. The highest BCUT2D eigenvalue weighted by Crippen LogP contribution is 2.31. The van der Waals surface area contributed by atoms with E-state index in [2.05, 4.69) is 5.32 Å². The van der Waals surface area contributed by atoms with Gasteiger partial charge in [0.1, 0.15) is 11.4 Å². The molecule has 2 aliphatic rings. The molecule has 2 aromatic rings. The fourth-order valence-corrected chi connectivity index (χ4v) is 5.54. The van der Waals surface area contributed by atoms with Crippen LogP contribution in [0.15, 0.2) is 47.4 Å². The SMILES string of the molecule is O=[N+]([O-])c1cc(S(=O)(=O)N2CCCCC2)ccc1NCC1COc2ccccc2C1. The summed E-state index contributed by atoms with van der Waals surface area (Å²) < 4.78 is 32.9. The highest BCUT2D eigenvalue weighted by Gasteiger charge is 2.29. The number of nitro benzene ring substituents is 1. The summed E-state index contributed by atoms with van der Waals surface area (Å²) in [6, 6.07) is 12.0. The summed E-state index contributed by atoms with van der Waals surface area (Å²) in [7, 11) is -3.72. The van der Waals surface area contributed by atoms with Crippen LogP contribution in [-0.4, -0.2) is 43.9 Å². The smallest absolute Gasteiger partial charge is 0.293 e. The van der Waals surface area contributed by atoms with Gasteiger partial charge < -0.3 is 10.1 Å². The number of hydrogen-bond acceptors (Lipinski definition) is 6. The van der Waals surface area contributed by atoms with Crippen molar-refractivity contribution in [3.63, 3.8) is 0 Å². The number of nitrogens with zero attached hydrogens (tertiary/aromatic N) is 2. The number of nitro groups is 1. The number of benzene rings is 2. The van der Waals surface area contributed by atoms with Crippen molar-refractivity contribution in [2.75, 3.05) is 31.6 Å². The molecular formula is C21H25N3O5S. The minimum Gasteiger partial charge on any atom is -0.493 e. The first-order valence-corrected chi connectivity index (χ1v) is 11.6. The molecule has 1 unspecified atom stereocenters. The lowest BCUT2D eigenvalue weighted by molar-refractivity contribution is -0.384. The van der Waals surface area contributed by atoms with Gasteiger partial charge >= 0.3 is 0 Å². The Morgan fingerprint density at radius 2 is 1.90 bits per heavy atom. The van der Waals surface area contributed by atoms with E-state index in [1.54, 1.807) is 0 Å². The zero-order valence-corrected chi connectivity index (χ0v) is 17.4. The molecule has 0 radical (unpaired) electrons. The largest absolute Gasteiger partial charge is 0.493 e. The first-order valence-electron chi connectivity index (χ1n) is 10.2. The second-order valence-electron chi connectivity index (χ2n) is 7.77. The number of sulfonamides is 1. The quantitative estimate of drug-likeness (QED) is 0.555. The van der Waals surface area contributed by atoms with Crippen molar-refractivity contribution in [2.24, 2.45) is 5.92 Å². The van der Waals surface area contributed by atoms with Gasteiger partial charge in [-0.25, -0.2) is 8.42 Å². The van der Waals surface area contributed by atoms with Crippen LogP contribution < -0.4 is 10.1 Å². The Morgan fingerprint density at radius 3 is 2.67 bits per heavy atom. The van der Waals surface area contributed by atoms with Crippen LogP contribution in [-0.2, 0) is 16.4 Å². The number of fused-ring (bicyclic) bond motifs is 1. The lowest BCUT2D eigenvalue weighted by atomic mass is 9.96. The lowest BCUT2D eigenvalue weighted by Gasteiger charge is -2.26. The molecule has 0 bridgehead atoms. The van der Waals surface area contributed by atoms with E-state index < -0.39 is 14.9 Å². The second kappa shape index (κ2) is 8.61. The van der Waals surface area contributed by atoms with Gasteiger partial charge in [0.25, 0.3) is 5.69 Å². The molecule has 8 nitrogen and oxygen atoms in total. The lowest BCUT2D eigenvalue weighted by Crippen LogP contribution is -2.35. The number of hydrogen-bond donors (Lipinski definition) is 1. The monoisotopic (exact) mass is 431 g/mol. The molecule has 1 atom stereocenters. The average Bonchev–Trinajstić information content (AvgIpc) is 2.78. The van der Waals surface area contributed by atoms with Crippen molar-refractivity contribution in [3.05, 3.63) is 58.1 Å². The van der Waals surface area contributed by atoms with Crippen molar-refractivity contribution in [3.8, 4) is 5.75 Å². The summed E-state index contributed by atoms with van der Waals surface area (Å²) in [6.07, 6.45) is 3.45. The fourth-order valence-electron chi connectivity index (χ4n) is 4.00. The molecule has 1 fully saturated rings. The molecule has 0 spiro atoms. The number of anilines is 1. The predicted octanol–water partition coefficient (Wildman–Crippen LogP) is 3.43. The topological polar surface area (TPSA) is 102 Å². The summed E-state index contributed by atoms with van der Waals surface area (Å²) in [6.45, 7) is 1.94. The summed E-state index contributed by atoms with van der Waals surface area (Å²) in [5.74, 6) is 1.04. The van der Waals surface area contributed by atoms with Crippen molar-refractivity contribution >= 4 is 21.4 Å². The van der Waals surface area contributed by atoms with Crippen LogP contribution in [0.25, 0.3) is 0 Å². The molecule has 160 valence electrons. The normalized spacial score (nSPS) is 19.5. The van der Waals surface area contributed by atoms with Crippen molar-refractivity contribution in [1.82, 2.24) is 4.31 Å². The average molecular weight is 432 g/mol. The van der Waals surface area contributed by atoms with Gasteiger partial charge in [0.2, 0.25) is 10.0 Å². The Kier molecular flexibility index (Phi) is 5.92. The third-order valence-corrected chi connectivity index (χ3v) is 7.55. The van der Waals surface area contributed by atoms with E-state index in [1.165, 1.54) is 22.5 Å². The van der Waals surface area contributed by atoms with Gasteiger partial charge in [-0.3, -0.25) is 10.1 Å². The molecule has 1 N–H and O–H groups in total. The summed E-state index contributed by atoms with van der Waals surface area (Å²) in [4.78, 5) is 11.1. The van der Waals surface area contributed by atoms with Gasteiger partial charge in [0, 0.05) is 31.6 Å². The standard InChI is InChI=1S/C21H25N3O5S/c25-24(26)20-13-18(30(27,28)23-10-4-1-5-11-23)8-9-19(20)22-14-16-12-17-6-2-3-7-21(17)29-15-16/h2-3,6-9,13,16,22H,1,4-5,10-12,14-15H2. The van der Waals surface area contributed by atoms with Crippen molar-refractivity contribution in [2.45, 2.75) is 30.6 Å².